The number of rotatable bonds is 4. The van der Waals surface area contributed by atoms with Crippen molar-refractivity contribution >= 4 is 11.8 Å². The lowest BCUT2D eigenvalue weighted by Crippen LogP contribution is -2.15. The van der Waals surface area contributed by atoms with Crippen LogP contribution in [-0.2, 0) is 0 Å². The summed E-state index contributed by atoms with van der Waals surface area (Å²) < 4.78 is 13.9. The van der Waals surface area contributed by atoms with Crippen LogP contribution in [0.2, 0.25) is 0 Å². The van der Waals surface area contributed by atoms with Gasteiger partial charge in [0.1, 0.15) is 5.82 Å². The molecular formula is C19H14FN3O2. The van der Waals surface area contributed by atoms with Crippen LogP contribution in [0.15, 0.2) is 60.8 Å². The standard InChI is InChI=1S/C19H14FN3O2/c20-16-4-2-1-3-14(16)17-8-6-12(10-23-17)15-9-11(18(21)24)5-7-13(15)19(22)25/h1-10H,(H2,21,24)(H2,22,25). The number of halogens is 1. The number of benzene rings is 2. The van der Waals surface area contributed by atoms with Gasteiger partial charge in [-0.15, -0.1) is 0 Å². The average molecular weight is 335 g/mol. The number of carbonyl (C=O) groups excluding carboxylic acids is 2. The first-order valence-corrected chi connectivity index (χ1v) is 7.42. The van der Waals surface area contributed by atoms with Gasteiger partial charge in [0.15, 0.2) is 0 Å². The minimum Gasteiger partial charge on any atom is -0.366 e. The van der Waals surface area contributed by atoms with Gasteiger partial charge in [0.2, 0.25) is 11.8 Å². The van der Waals surface area contributed by atoms with Crippen LogP contribution >= 0.6 is 0 Å². The fourth-order valence-electron chi connectivity index (χ4n) is 2.53. The Morgan fingerprint density at radius 2 is 1.64 bits per heavy atom. The highest BCUT2D eigenvalue weighted by Crippen LogP contribution is 2.27. The molecule has 0 radical (unpaired) electrons. The Bertz CT molecular complexity index is 969. The maximum Gasteiger partial charge on any atom is 0.249 e. The molecule has 0 fully saturated rings. The first-order chi connectivity index (χ1) is 12.0. The van der Waals surface area contributed by atoms with Crippen molar-refractivity contribution in [2.24, 2.45) is 11.5 Å². The zero-order valence-electron chi connectivity index (χ0n) is 13.1. The molecule has 0 spiro atoms. The number of hydrogen-bond acceptors (Lipinski definition) is 3. The first-order valence-electron chi connectivity index (χ1n) is 7.42. The molecule has 2 amide bonds. The van der Waals surface area contributed by atoms with Crippen LogP contribution in [0.25, 0.3) is 22.4 Å². The Morgan fingerprint density at radius 1 is 0.880 bits per heavy atom. The Morgan fingerprint density at radius 3 is 2.24 bits per heavy atom. The molecule has 2 aromatic carbocycles. The van der Waals surface area contributed by atoms with Crippen LogP contribution in [0.1, 0.15) is 20.7 Å². The third-order valence-corrected chi connectivity index (χ3v) is 3.79. The Kier molecular flexibility index (Phi) is 4.26. The lowest BCUT2D eigenvalue weighted by atomic mass is 9.97. The van der Waals surface area contributed by atoms with Gasteiger partial charge in [-0.1, -0.05) is 18.2 Å². The zero-order valence-corrected chi connectivity index (χ0v) is 13.1. The van der Waals surface area contributed by atoms with E-state index in [0.29, 0.717) is 22.4 Å². The van der Waals surface area contributed by atoms with E-state index in [1.807, 2.05) is 0 Å². The van der Waals surface area contributed by atoms with Crippen LogP contribution in [0, 0.1) is 5.82 Å². The number of primary amides is 2. The van der Waals surface area contributed by atoms with E-state index in [9.17, 15) is 14.0 Å². The summed E-state index contributed by atoms with van der Waals surface area (Å²) in [6.45, 7) is 0. The van der Waals surface area contributed by atoms with E-state index in [-0.39, 0.29) is 16.9 Å². The van der Waals surface area contributed by atoms with Crippen molar-refractivity contribution in [2.75, 3.05) is 0 Å². The molecule has 0 aliphatic carbocycles. The van der Waals surface area contributed by atoms with Crippen molar-refractivity contribution in [3.63, 3.8) is 0 Å². The summed E-state index contributed by atoms with van der Waals surface area (Å²) in [6.07, 6.45) is 1.49. The fourth-order valence-corrected chi connectivity index (χ4v) is 2.53. The summed E-state index contributed by atoms with van der Waals surface area (Å²) in [7, 11) is 0. The smallest absolute Gasteiger partial charge is 0.249 e. The van der Waals surface area contributed by atoms with Crippen molar-refractivity contribution in [1.82, 2.24) is 4.98 Å². The second-order valence-electron chi connectivity index (χ2n) is 5.40. The number of aromatic nitrogens is 1. The van der Waals surface area contributed by atoms with Crippen LogP contribution in [-0.4, -0.2) is 16.8 Å². The summed E-state index contributed by atoms with van der Waals surface area (Å²) in [5.74, 6) is -1.63. The van der Waals surface area contributed by atoms with Crippen LogP contribution in [0.4, 0.5) is 4.39 Å². The molecule has 0 unspecified atom stereocenters. The molecule has 0 atom stereocenters. The number of amides is 2. The molecular weight excluding hydrogens is 321 g/mol. The van der Waals surface area contributed by atoms with E-state index in [1.54, 1.807) is 30.3 Å². The second kappa shape index (κ2) is 6.52. The average Bonchev–Trinajstić information content (AvgIpc) is 2.61. The van der Waals surface area contributed by atoms with Gasteiger partial charge in [0, 0.05) is 28.5 Å². The van der Waals surface area contributed by atoms with Crippen molar-refractivity contribution in [2.45, 2.75) is 0 Å². The largest absolute Gasteiger partial charge is 0.366 e. The number of hydrogen-bond donors (Lipinski definition) is 2. The van der Waals surface area contributed by atoms with E-state index < -0.39 is 11.8 Å². The summed E-state index contributed by atoms with van der Waals surface area (Å²) in [4.78, 5) is 27.3. The highest BCUT2D eigenvalue weighted by atomic mass is 19.1. The zero-order chi connectivity index (χ0) is 18.0. The topological polar surface area (TPSA) is 99.1 Å². The second-order valence-corrected chi connectivity index (χ2v) is 5.40. The molecule has 5 nitrogen and oxygen atoms in total. The van der Waals surface area contributed by atoms with Gasteiger partial charge in [-0.05, 0) is 42.0 Å². The normalized spacial score (nSPS) is 10.4. The molecule has 0 saturated heterocycles. The van der Waals surface area contributed by atoms with Gasteiger partial charge in [-0.25, -0.2) is 4.39 Å². The van der Waals surface area contributed by atoms with Gasteiger partial charge in [-0.3, -0.25) is 14.6 Å². The minimum absolute atomic E-state index is 0.241. The monoisotopic (exact) mass is 335 g/mol. The predicted octanol–water partition coefficient (Wildman–Crippen LogP) is 2.75. The Hall–Kier alpha value is -3.54. The van der Waals surface area contributed by atoms with Crippen LogP contribution in [0.3, 0.4) is 0 Å². The van der Waals surface area contributed by atoms with Gasteiger partial charge in [0.05, 0.1) is 5.69 Å². The lowest BCUT2D eigenvalue weighted by molar-refractivity contribution is 0.0989. The highest BCUT2D eigenvalue weighted by molar-refractivity contribution is 6.02. The maximum atomic E-state index is 13.9. The minimum atomic E-state index is -0.635. The molecule has 0 saturated carbocycles. The van der Waals surface area contributed by atoms with Crippen LogP contribution < -0.4 is 11.5 Å². The van der Waals surface area contributed by atoms with Gasteiger partial charge in [-0.2, -0.15) is 0 Å². The molecule has 3 rings (SSSR count). The van der Waals surface area contributed by atoms with Crippen molar-refractivity contribution in [3.05, 3.63) is 77.7 Å². The Balaban J connectivity index is 2.08. The van der Waals surface area contributed by atoms with Crippen molar-refractivity contribution < 1.29 is 14.0 Å². The van der Waals surface area contributed by atoms with Crippen LogP contribution in [0.5, 0.6) is 0 Å². The molecule has 6 heteroatoms. The van der Waals surface area contributed by atoms with E-state index in [1.165, 1.54) is 30.5 Å². The summed E-state index contributed by atoms with van der Waals surface area (Å²) in [6, 6.07) is 14.0. The van der Waals surface area contributed by atoms with Gasteiger partial charge < -0.3 is 11.5 Å². The van der Waals surface area contributed by atoms with E-state index in [2.05, 4.69) is 4.98 Å². The molecule has 0 aliphatic rings. The molecule has 25 heavy (non-hydrogen) atoms. The highest BCUT2D eigenvalue weighted by Gasteiger charge is 2.14. The first kappa shape index (κ1) is 16.3. The predicted molar refractivity (Wildman–Crippen MR) is 92.1 cm³/mol. The summed E-state index contributed by atoms with van der Waals surface area (Å²) in [5, 5.41) is 0. The van der Waals surface area contributed by atoms with Crippen molar-refractivity contribution in [3.8, 4) is 22.4 Å². The van der Waals surface area contributed by atoms with E-state index >= 15 is 0 Å². The number of nitrogens with zero attached hydrogens (tertiary/aromatic N) is 1. The quantitative estimate of drug-likeness (QED) is 0.767. The summed E-state index contributed by atoms with van der Waals surface area (Å²) >= 11 is 0. The lowest BCUT2D eigenvalue weighted by Gasteiger charge is -2.09. The maximum absolute atomic E-state index is 13.9. The van der Waals surface area contributed by atoms with Crippen molar-refractivity contribution in [1.29, 1.82) is 0 Å². The third kappa shape index (κ3) is 3.23. The fraction of sp³-hybridized carbons (Fsp3) is 0. The molecule has 4 N–H and O–H groups in total. The van der Waals surface area contributed by atoms with E-state index in [0.717, 1.165) is 0 Å². The molecule has 124 valence electrons. The molecule has 0 aliphatic heterocycles. The van der Waals surface area contributed by atoms with Gasteiger partial charge >= 0.3 is 0 Å². The molecule has 1 aromatic heterocycles. The number of carbonyl (C=O) groups is 2. The summed E-state index contributed by atoms with van der Waals surface area (Å²) in [5.41, 5.74) is 13.0. The molecule has 0 bridgehead atoms. The molecule has 3 aromatic rings. The van der Waals surface area contributed by atoms with E-state index in [4.69, 9.17) is 11.5 Å². The SMILES string of the molecule is NC(=O)c1ccc(C(N)=O)c(-c2ccc(-c3ccccc3F)nc2)c1. The molecule has 1 heterocycles. The Labute approximate surface area is 143 Å². The number of pyridine rings is 1. The third-order valence-electron chi connectivity index (χ3n) is 3.79. The van der Waals surface area contributed by atoms with Gasteiger partial charge in [0.25, 0.3) is 0 Å². The number of nitrogens with two attached hydrogens (primary N) is 2.